The number of amides is 1. The molecule has 0 unspecified atom stereocenters. The van der Waals surface area contributed by atoms with E-state index in [-0.39, 0.29) is 11.7 Å². The van der Waals surface area contributed by atoms with Gasteiger partial charge in [0.15, 0.2) is 5.82 Å². The Morgan fingerprint density at radius 2 is 1.96 bits per heavy atom. The van der Waals surface area contributed by atoms with Crippen LogP contribution in [0.4, 0.5) is 5.69 Å². The minimum atomic E-state index is -0.190. The third-order valence-corrected chi connectivity index (χ3v) is 5.84. The average Bonchev–Trinajstić information content (AvgIpc) is 2.98. The number of hydrogen-bond donors (Lipinski definition) is 2. The number of hydrogen-bond acceptors (Lipinski definition) is 6. The van der Waals surface area contributed by atoms with E-state index in [2.05, 4.69) is 68.3 Å². The quantitative estimate of drug-likeness (QED) is 0.359. The summed E-state index contributed by atoms with van der Waals surface area (Å²) in [4.78, 5) is 16.3. The molecule has 0 bridgehead atoms. The summed E-state index contributed by atoms with van der Waals surface area (Å²) in [7, 11) is 0. The summed E-state index contributed by atoms with van der Waals surface area (Å²) < 4.78 is 3.76. The first-order valence-electron chi connectivity index (χ1n) is 7.14. The Morgan fingerprint density at radius 1 is 1.23 bits per heavy atom. The Kier molecular flexibility index (Phi) is 6.33. The molecule has 0 aliphatic rings. The standard InChI is InChI=1S/C15H11Br3N6OS/c16-9-4-10(17)13(11(18)5-9)21-12(25)7-26-15-23-22-14(24(15)19)8-2-1-3-20-6-8/h1-6H,7,19H2,(H,21,25). The summed E-state index contributed by atoms with van der Waals surface area (Å²) in [5.74, 6) is 6.46. The summed E-state index contributed by atoms with van der Waals surface area (Å²) in [6, 6.07) is 7.33. The molecular weight excluding hydrogens is 552 g/mol. The van der Waals surface area contributed by atoms with Crippen LogP contribution in [0.2, 0.25) is 0 Å². The van der Waals surface area contributed by atoms with E-state index < -0.39 is 0 Å². The van der Waals surface area contributed by atoms with E-state index in [9.17, 15) is 4.79 Å². The van der Waals surface area contributed by atoms with Crippen LogP contribution >= 0.6 is 59.6 Å². The van der Waals surface area contributed by atoms with Gasteiger partial charge in [0.25, 0.3) is 0 Å². The number of benzene rings is 1. The van der Waals surface area contributed by atoms with Crippen molar-refractivity contribution in [3.63, 3.8) is 0 Å². The fraction of sp³-hybridized carbons (Fsp3) is 0.0667. The van der Waals surface area contributed by atoms with Crippen LogP contribution in [0.1, 0.15) is 0 Å². The second-order valence-electron chi connectivity index (χ2n) is 5.00. The van der Waals surface area contributed by atoms with Crippen LogP contribution in [0.15, 0.2) is 55.2 Å². The number of nitrogens with two attached hydrogens (primary N) is 1. The van der Waals surface area contributed by atoms with Crippen molar-refractivity contribution in [1.82, 2.24) is 19.9 Å². The number of halogens is 3. The molecule has 0 aliphatic carbocycles. The maximum Gasteiger partial charge on any atom is 0.234 e. The SMILES string of the molecule is Nn1c(SCC(=O)Nc2c(Br)cc(Br)cc2Br)nnc1-c1cccnc1. The number of carbonyl (C=O) groups excluding carboxylic acids is 1. The molecule has 3 aromatic rings. The molecule has 0 saturated carbocycles. The van der Waals surface area contributed by atoms with Crippen molar-refractivity contribution in [3.8, 4) is 11.4 Å². The molecule has 1 amide bonds. The lowest BCUT2D eigenvalue weighted by atomic mass is 10.3. The lowest BCUT2D eigenvalue weighted by molar-refractivity contribution is -0.113. The van der Waals surface area contributed by atoms with Crippen molar-refractivity contribution < 1.29 is 4.79 Å². The van der Waals surface area contributed by atoms with Gasteiger partial charge in [0, 0.05) is 31.4 Å². The van der Waals surface area contributed by atoms with Gasteiger partial charge in [-0.1, -0.05) is 27.7 Å². The van der Waals surface area contributed by atoms with Crippen LogP contribution in [-0.2, 0) is 4.79 Å². The zero-order valence-corrected chi connectivity index (χ0v) is 18.6. The summed E-state index contributed by atoms with van der Waals surface area (Å²) in [6.07, 6.45) is 3.32. The molecule has 3 N–H and O–H groups in total. The van der Waals surface area contributed by atoms with Gasteiger partial charge in [0.05, 0.1) is 11.4 Å². The van der Waals surface area contributed by atoms with Gasteiger partial charge in [0.1, 0.15) is 0 Å². The topological polar surface area (TPSA) is 98.7 Å². The number of pyridine rings is 1. The van der Waals surface area contributed by atoms with Gasteiger partial charge in [-0.05, 0) is 56.1 Å². The van der Waals surface area contributed by atoms with Crippen LogP contribution in [0.5, 0.6) is 0 Å². The van der Waals surface area contributed by atoms with E-state index >= 15 is 0 Å². The number of thioether (sulfide) groups is 1. The van der Waals surface area contributed by atoms with Crippen molar-refractivity contribution in [2.24, 2.45) is 0 Å². The fourth-order valence-corrected chi connectivity index (χ4v) is 5.15. The van der Waals surface area contributed by atoms with Gasteiger partial charge in [-0.25, -0.2) is 4.68 Å². The Morgan fingerprint density at radius 3 is 2.62 bits per heavy atom. The molecule has 3 rings (SSSR count). The van der Waals surface area contributed by atoms with Crippen molar-refractivity contribution in [2.45, 2.75) is 5.16 Å². The van der Waals surface area contributed by atoms with E-state index in [1.54, 1.807) is 18.5 Å². The maximum absolute atomic E-state index is 12.3. The highest BCUT2D eigenvalue weighted by Gasteiger charge is 2.15. The van der Waals surface area contributed by atoms with Gasteiger partial charge in [0.2, 0.25) is 11.1 Å². The van der Waals surface area contributed by atoms with Crippen LogP contribution in [0.3, 0.4) is 0 Å². The van der Waals surface area contributed by atoms with Crippen molar-refractivity contribution in [3.05, 3.63) is 50.1 Å². The summed E-state index contributed by atoms with van der Waals surface area (Å²) >= 11 is 11.4. The minimum absolute atomic E-state index is 0.136. The van der Waals surface area contributed by atoms with Gasteiger partial charge in [-0.3, -0.25) is 9.78 Å². The van der Waals surface area contributed by atoms with Gasteiger partial charge >= 0.3 is 0 Å². The number of nitrogens with one attached hydrogen (secondary N) is 1. The number of anilines is 1. The summed E-state index contributed by atoms with van der Waals surface area (Å²) in [5.41, 5.74) is 1.41. The first kappa shape index (κ1) is 19.3. The number of carbonyl (C=O) groups is 1. The smallest absolute Gasteiger partial charge is 0.234 e. The number of nitrogen functional groups attached to an aromatic ring is 1. The predicted octanol–water partition coefficient (Wildman–Crippen LogP) is 4.07. The lowest BCUT2D eigenvalue weighted by Crippen LogP contribution is -2.17. The first-order valence-corrected chi connectivity index (χ1v) is 10.5. The Bertz CT molecular complexity index is 927. The second-order valence-corrected chi connectivity index (χ2v) is 8.57. The van der Waals surface area contributed by atoms with E-state index in [1.807, 2.05) is 18.2 Å². The molecular formula is C15H11Br3N6OS. The highest BCUT2D eigenvalue weighted by Crippen LogP contribution is 2.34. The molecule has 0 saturated heterocycles. The second kappa shape index (κ2) is 8.51. The van der Waals surface area contributed by atoms with E-state index in [0.717, 1.165) is 19.0 Å². The van der Waals surface area contributed by atoms with Crippen LogP contribution in [-0.4, -0.2) is 31.5 Å². The van der Waals surface area contributed by atoms with Crippen LogP contribution < -0.4 is 11.2 Å². The van der Waals surface area contributed by atoms with E-state index in [1.165, 1.54) is 16.4 Å². The molecule has 2 heterocycles. The van der Waals surface area contributed by atoms with E-state index in [0.29, 0.717) is 16.7 Å². The van der Waals surface area contributed by atoms with E-state index in [4.69, 9.17) is 5.84 Å². The minimum Gasteiger partial charge on any atom is -0.335 e. The monoisotopic (exact) mass is 560 g/mol. The molecule has 11 heteroatoms. The number of rotatable bonds is 5. The van der Waals surface area contributed by atoms with Gasteiger partial charge < -0.3 is 11.2 Å². The Hall–Kier alpha value is -1.43. The Labute approximate surface area is 178 Å². The zero-order valence-electron chi connectivity index (χ0n) is 13.0. The third kappa shape index (κ3) is 4.45. The molecule has 2 aromatic heterocycles. The number of aromatic nitrogens is 4. The highest BCUT2D eigenvalue weighted by atomic mass is 79.9. The summed E-state index contributed by atoms with van der Waals surface area (Å²) in [6.45, 7) is 0. The molecule has 0 atom stereocenters. The molecule has 1 aromatic carbocycles. The molecule has 26 heavy (non-hydrogen) atoms. The average molecular weight is 563 g/mol. The molecule has 0 fully saturated rings. The Balaban J connectivity index is 1.67. The van der Waals surface area contributed by atoms with Crippen LogP contribution in [0.25, 0.3) is 11.4 Å². The van der Waals surface area contributed by atoms with Crippen molar-refractivity contribution in [2.75, 3.05) is 16.9 Å². The number of nitrogens with zero attached hydrogens (tertiary/aromatic N) is 4. The van der Waals surface area contributed by atoms with Crippen molar-refractivity contribution >= 4 is 71.1 Å². The molecule has 134 valence electrons. The summed E-state index contributed by atoms with van der Waals surface area (Å²) in [5, 5.41) is 11.4. The fourth-order valence-electron chi connectivity index (χ4n) is 2.03. The normalized spacial score (nSPS) is 10.7. The predicted molar refractivity (Wildman–Crippen MR) is 112 cm³/mol. The first-order chi connectivity index (χ1) is 12.5. The van der Waals surface area contributed by atoms with Gasteiger partial charge in [-0.2, -0.15) is 0 Å². The molecule has 0 spiro atoms. The van der Waals surface area contributed by atoms with Crippen molar-refractivity contribution in [1.29, 1.82) is 0 Å². The molecule has 0 aliphatic heterocycles. The lowest BCUT2D eigenvalue weighted by Gasteiger charge is -2.10. The largest absolute Gasteiger partial charge is 0.335 e. The molecule has 7 nitrogen and oxygen atoms in total. The molecule has 0 radical (unpaired) electrons. The zero-order chi connectivity index (χ0) is 18.7. The van der Waals surface area contributed by atoms with Crippen LogP contribution in [0, 0.1) is 0 Å². The highest BCUT2D eigenvalue weighted by molar-refractivity contribution is 9.11. The van der Waals surface area contributed by atoms with Gasteiger partial charge in [-0.15, -0.1) is 10.2 Å². The third-order valence-electron chi connectivity index (χ3n) is 3.19. The maximum atomic E-state index is 12.3.